The van der Waals surface area contributed by atoms with Gasteiger partial charge in [0.2, 0.25) is 11.7 Å². The quantitative estimate of drug-likeness (QED) is 0.310. The topological polar surface area (TPSA) is 90.7 Å². The highest BCUT2D eigenvalue weighted by Gasteiger charge is 2.29. The van der Waals surface area contributed by atoms with Gasteiger partial charge in [-0.15, -0.1) is 0 Å². The predicted molar refractivity (Wildman–Crippen MR) is 142 cm³/mol. The average Bonchev–Trinajstić information content (AvgIpc) is 2.91. The van der Waals surface area contributed by atoms with Crippen LogP contribution in [0.3, 0.4) is 0 Å². The Morgan fingerprint density at radius 1 is 1.00 bits per heavy atom. The van der Waals surface area contributed by atoms with Gasteiger partial charge in [-0.1, -0.05) is 18.2 Å². The van der Waals surface area contributed by atoms with E-state index in [4.69, 9.17) is 9.47 Å². The average molecular weight is 528 g/mol. The minimum atomic E-state index is -0.691. The lowest BCUT2D eigenvalue weighted by Gasteiger charge is -2.17. The zero-order chi connectivity index (χ0) is 27.7. The number of dihydropyridines is 1. The summed E-state index contributed by atoms with van der Waals surface area (Å²) in [5.74, 6) is -1.55. The molecule has 1 aliphatic heterocycles. The van der Waals surface area contributed by atoms with E-state index in [-0.39, 0.29) is 24.4 Å². The number of hydrogen-bond donors (Lipinski definition) is 0. The molecule has 3 heterocycles. The number of carbonyl (C=O) groups is 2. The SMILES string of the molecule is COc1nc2c(Oc3ccc(CC(=O)C4=NCC(C)=C(c5ccc(F)cc5)C4=O)cc3F)ccnc2cc1C. The van der Waals surface area contributed by atoms with Gasteiger partial charge in [0.15, 0.2) is 23.1 Å². The molecule has 0 aliphatic carbocycles. The number of halogens is 2. The minimum absolute atomic E-state index is 0.0664. The number of aromatic nitrogens is 2. The van der Waals surface area contributed by atoms with Crippen molar-refractivity contribution in [2.75, 3.05) is 13.7 Å². The number of pyridine rings is 2. The summed E-state index contributed by atoms with van der Waals surface area (Å²) in [6, 6.07) is 13.0. The fourth-order valence-corrected chi connectivity index (χ4v) is 4.41. The molecule has 0 spiro atoms. The van der Waals surface area contributed by atoms with E-state index in [1.165, 1.54) is 49.7 Å². The maximum atomic E-state index is 15.0. The molecule has 0 saturated carbocycles. The molecule has 4 aromatic rings. The Morgan fingerprint density at radius 2 is 1.77 bits per heavy atom. The van der Waals surface area contributed by atoms with Gasteiger partial charge in [-0.2, -0.15) is 0 Å². The van der Waals surface area contributed by atoms with Crippen LogP contribution in [0.15, 0.2) is 71.4 Å². The lowest BCUT2D eigenvalue weighted by Crippen LogP contribution is -2.30. The summed E-state index contributed by atoms with van der Waals surface area (Å²) in [4.78, 5) is 39.0. The molecule has 0 N–H and O–H groups in total. The highest BCUT2D eigenvalue weighted by atomic mass is 19.1. The van der Waals surface area contributed by atoms with E-state index < -0.39 is 23.2 Å². The third-order valence-electron chi connectivity index (χ3n) is 6.33. The monoisotopic (exact) mass is 527 g/mol. The summed E-state index contributed by atoms with van der Waals surface area (Å²) in [5.41, 5.74) is 3.44. The summed E-state index contributed by atoms with van der Waals surface area (Å²) < 4.78 is 39.5. The van der Waals surface area contributed by atoms with Crippen LogP contribution in [0.2, 0.25) is 0 Å². The van der Waals surface area contributed by atoms with Gasteiger partial charge in [0, 0.05) is 29.8 Å². The lowest BCUT2D eigenvalue weighted by atomic mass is 9.89. The van der Waals surface area contributed by atoms with Crippen molar-refractivity contribution in [3.8, 4) is 17.4 Å². The Labute approximate surface area is 222 Å². The third kappa shape index (κ3) is 5.16. The number of hydrogen-bond acceptors (Lipinski definition) is 7. The van der Waals surface area contributed by atoms with E-state index >= 15 is 4.39 Å². The number of aliphatic imine (C=N–C) groups is 1. The number of ketones is 2. The van der Waals surface area contributed by atoms with E-state index in [1.54, 1.807) is 25.1 Å². The number of ether oxygens (including phenoxy) is 2. The second kappa shape index (κ2) is 10.5. The van der Waals surface area contributed by atoms with Gasteiger partial charge in [0.25, 0.3) is 0 Å². The highest BCUT2D eigenvalue weighted by molar-refractivity contribution is 6.74. The van der Waals surface area contributed by atoms with Gasteiger partial charge in [-0.25, -0.2) is 13.8 Å². The molecule has 0 unspecified atom stereocenters. The second-order valence-corrected chi connectivity index (χ2v) is 9.11. The van der Waals surface area contributed by atoms with Crippen molar-refractivity contribution < 1.29 is 27.8 Å². The molecule has 1 aliphatic rings. The van der Waals surface area contributed by atoms with Crippen molar-refractivity contribution in [2.45, 2.75) is 20.3 Å². The van der Waals surface area contributed by atoms with Crippen molar-refractivity contribution >= 4 is 33.9 Å². The van der Waals surface area contributed by atoms with E-state index in [0.29, 0.717) is 44.9 Å². The van der Waals surface area contributed by atoms with Crippen LogP contribution in [0.25, 0.3) is 16.6 Å². The number of carbonyl (C=O) groups excluding carboxylic acids is 2. The molecule has 2 aromatic carbocycles. The summed E-state index contributed by atoms with van der Waals surface area (Å²) in [5, 5.41) is 0. The van der Waals surface area contributed by atoms with E-state index in [2.05, 4.69) is 15.0 Å². The summed E-state index contributed by atoms with van der Waals surface area (Å²) in [6.45, 7) is 3.75. The largest absolute Gasteiger partial charge is 0.481 e. The Hall–Kier alpha value is -4.79. The second-order valence-electron chi connectivity index (χ2n) is 9.11. The summed E-state index contributed by atoms with van der Waals surface area (Å²) in [7, 11) is 1.51. The molecule has 0 amide bonds. The minimum Gasteiger partial charge on any atom is -0.481 e. The Balaban J connectivity index is 1.34. The zero-order valence-electron chi connectivity index (χ0n) is 21.4. The maximum absolute atomic E-state index is 15.0. The number of methoxy groups -OCH3 is 1. The van der Waals surface area contributed by atoms with Crippen molar-refractivity contribution in [1.29, 1.82) is 0 Å². The Kier molecular flexibility index (Phi) is 6.98. The fraction of sp³-hybridized carbons (Fsp3) is 0.167. The maximum Gasteiger partial charge on any atom is 0.216 e. The number of rotatable bonds is 7. The Morgan fingerprint density at radius 3 is 2.49 bits per heavy atom. The van der Waals surface area contributed by atoms with Gasteiger partial charge in [-0.3, -0.25) is 19.6 Å². The number of allylic oxidation sites excluding steroid dienone is 1. The lowest BCUT2D eigenvalue weighted by molar-refractivity contribution is -0.114. The molecule has 196 valence electrons. The molecule has 5 rings (SSSR count). The summed E-state index contributed by atoms with van der Waals surface area (Å²) >= 11 is 0. The van der Waals surface area contributed by atoms with Gasteiger partial charge >= 0.3 is 0 Å². The standard InChI is InChI=1S/C30H23F2N3O4/c1-16-12-22-27(35-30(16)38-3)25(10-11-33-22)39-24-9-4-18(13-21(24)32)14-23(36)28-29(37)26(17(2)15-34-28)19-5-7-20(31)8-6-19/h4-13H,14-15H2,1-3H3. The highest BCUT2D eigenvalue weighted by Crippen LogP contribution is 2.32. The van der Waals surface area contributed by atoms with Crippen molar-refractivity contribution in [3.05, 3.63) is 94.7 Å². The first-order valence-corrected chi connectivity index (χ1v) is 12.1. The molecular weight excluding hydrogens is 504 g/mol. The first-order valence-electron chi connectivity index (χ1n) is 12.1. The molecule has 39 heavy (non-hydrogen) atoms. The van der Waals surface area contributed by atoms with E-state index in [0.717, 1.165) is 5.56 Å². The van der Waals surface area contributed by atoms with E-state index in [9.17, 15) is 14.0 Å². The van der Waals surface area contributed by atoms with Gasteiger partial charge in [-0.05, 0) is 60.9 Å². The van der Waals surface area contributed by atoms with Crippen molar-refractivity contribution in [3.63, 3.8) is 0 Å². The van der Waals surface area contributed by atoms with Gasteiger partial charge < -0.3 is 9.47 Å². The van der Waals surface area contributed by atoms with E-state index in [1.807, 2.05) is 6.92 Å². The van der Waals surface area contributed by atoms with Gasteiger partial charge in [0.05, 0.1) is 19.2 Å². The molecule has 0 radical (unpaired) electrons. The number of aryl methyl sites for hydroxylation is 1. The first kappa shape index (κ1) is 25.8. The molecule has 9 heteroatoms. The van der Waals surface area contributed by atoms with Crippen LogP contribution in [-0.2, 0) is 16.0 Å². The number of benzene rings is 2. The van der Waals surface area contributed by atoms with Crippen LogP contribution >= 0.6 is 0 Å². The van der Waals surface area contributed by atoms with Crippen LogP contribution in [0.1, 0.15) is 23.6 Å². The molecule has 0 saturated heterocycles. The normalized spacial score (nSPS) is 13.5. The summed E-state index contributed by atoms with van der Waals surface area (Å²) in [6.07, 6.45) is 1.31. The number of nitrogens with zero attached hydrogens (tertiary/aromatic N) is 3. The molecule has 0 bridgehead atoms. The smallest absolute Gasteiger partial charge is 0.216 e. The molecule has 2 aromatic heterocycles. The predicted octanol–water partition coefficient (Wildman–Crippen LogP) is 5.63. The van der Waals surface area contributed by atoms with Crippen molar-refractivity contribution in [1.82, 2.24) is 9.97 Å². The van der Waals surface area contributed by atoms with Crippen LogP contribution in [0, 0.1) is 18.6 Å². The number of Topliss-reactive ketones (excluding diaryl/α,β-unsaturated/α-hetero) is 2. The molecule has 0 fully saturated rings. The molecule has 0 atom stereocenters. The zero-order valence-corrected chi connectivity index (χ0v) is 21.4. The van der Waals surface area contributed by atoms with Gasteiger partial charge in [0.1, 0.15) is 17.0 Å². The Bertz CT molecular complexity index is 1700. The van der Waals surface area contributed by atoms with Crippen LogP contribution < -0.4 is 9.47 Å². The van der Waals surface area contributed by atoms with Crippen LogP contribution in [0.4, 0.5) is 8.78 Å². The number of fused-ring (bicyclic) bond motifs is 1. The van der Waals surface area contributed by atoms with Crippen molar-refractivity contribution in [2.24, 2.45) is 4.99 Å². The molecular formula is C30H23F2N3O4. The first-order chi connectivity index (χ1) is 18.7. The van der Waals surface area contributed by atoms with Crippen LogP contribution in [0.5, 0.6) is 17.4 Å². The fourth-order valence-electron chi connectivity index (χ4n) is 4.41. The molecule has 7 nitrogen and oxygen atoms in total. The van der Waals surface area contributed by atoms with Crippen LogP contribution in [-0.4, -0.2) is 40.9 Å². The third-order valence-corrected chi connectivity index (χ3v) is 6.33.